The van der Waals surface area contributed by atoms with Crippen molar-refractivity contribution in [2.75, 3.05) is 0 Å². The number of ether oxygens (including phenoxy) is 1. The molecule has 0 aliphatic carbocycles. The van der Waals surface area contributed by atoms with Gasteiger partial charge in [0.2, 0.25) is 0 Å². The van der Waals surface area contributed by atoms with Gasteiger partial charge in [0.1, 0.15) is 5.60 Å². The fraction of sp³-hybridized carbons (Fsp3) is 0.571. The maximum absolute atomic E-state index is 5.10. The third kappa shape index (κ3) is 2.65. The molecule has 0 heterocycles. The Labute approximate surface area is 51.0 Å². The summed E-state index contributed by atoms with van der Waals surface area (Å²) in [6.45, 7) is 7.08. The highest BCUT2D eigenvalue weighted by molar-refractivity contribution is 5.03. The first kappa shape index (κ1) is 7.52. The van der Waals surface area contributed by atoms with Crippen LogP contribution in [0.2, 0.25) is 0 Å². The SMILES string of the molecule is C#CC(C)(C)O[CH]C. The van der Waals surface area contributed by atoms with Crippen LogP contribution in [0.15, 0.2) is 0 Å². The normalized spacial score (nSPS) is 10.8. The average molecular weight is 111 g/mol. The second-order valence-electron chi connectivity index (χ2n) is 2.01. The van der Waals surface area contributed by atoms with Crippen LogP contribution in [-0.2, 0) is 4.74 Å². The summed E-state index contributed by atoms with van der Waals surface area (Å²) in [7, 11) is 0. The fourth-order valence-corrected chi connectivity index (χ4v) is 0.329. The van der Waals surface area contributed by atoms with Crippen molar-refractivity contribution in [1.29, 1.82) is 0 Å². The van der Waals surface area contributed by atoms with Gasteiger partial charge in [-0.2, -0.15) is 0 Å². The molecule has 0 saturated heterocycles. The van der Waals surface area contributed by atoms with Crippen LogP contribution in [0, 0.1) is 19.0 Å². The fourth-order valence-electron chi connectivity index (χ4n) is 0.329. The molecule has 0 aromatic rings. The van der Waals surface area contributed by atoms with Crippen molar-refractivity contribution in [3.8, 4) is 12.3 Å². The zero-order chi connectivity index (χ0) is 6.62. The lowest BCUT2D eigenvalue weighted by Gasteiger charge is -2.15. The van der Waals surface area contributed by atoms with E-state index < -0.39 is 5.60 Å². The molecule has 1 radical (unpaired) electrons. The van der Waals surface area contributed by atoms with E-state index in [9.17, 15) is 0 Å². The van der Waals surface area contributed by atoms with Gasteiger partial charge in [0.05, 0.1) is 6.61 Å². The van der Waals surface area contributed by atoms with Crippen molar-refractivity contribution < 1.29 is 4.74 Å². The Morgan fingerprint density at radius 1 is 1.62 bits per heavy atom. The molecule has 0 aliphatic rings. The average Bonchev–Trinajstić information content (AvgIpc) is 1.67. The van der Waals surface area contributed by atoms with Crippen LogP contribution >= 0.6 is 0 Å². The molecule has 0 aromatic carbocycles. The lowest BCUT2D eigenvalue weighted by atomic mass is 10.1. The predicted octanol–water partition coefficient (Wildman–Crippen LogP) is 1.60. The van der Waals surface area contributed by atoms with E-state index in [1.807, 2.05) is 13.8 Å². The van der Waals surface area contributed by atoms with Gasteiger partial charge in [0, 0.05) is 0 Å². The molecule has 0 fully saturated rings. The Hall–Kier alpha value is -0.480. The van der Waals surface area contributed by atoms with E-state index in [0.717, 1.165) is 0 Å². The van der Waals surface area contributed by atoms with Crippen molar-refractivity contribution in [2.24, 2.45) is 0 Å². The maximum atomic E-state index is 5.10. The smallest absolute Gasteiger partial charge is 0.123 e. The summed E-state index contributed by atoms with van der Waals surface area (Å²) < 4.78 is 5.02. The van der Waals surface area contributed by atoms with Crippen molar-refractivity contribution in [2.45, 2.75) is 26.4 Å². The van der Waals surface area contributed by atoms with Gasteiger partial charge in [-0.3, -0.25) is 0 Å². The van der Waals surface area contributed by atoms with E-state index >= 15 is 0 Å². The molecule has 0 aromatic heterocycles. The molecule has 1 nitrogen and oxygen atoms in total. The van der Waals surface area contributed by atoms with Crippen LogP contribution in [0.1, 0.15) is 20.8 Å². The number of terminal acetylenes is 1. The van der Waals surface area contributed by atoms with Crippen LogP contribution < -0.4 is 0 Å². The van der Waals surface area contributed by atoms with Crippen molar-refractivity contribution in [1.82, 2.24) is 0 Å². The first-order valence-electron chi connectivity index (χ1n) is 2.56. The van der Waals surface area contributed by atoms with Crippen molar-refractivity contribution >= 4 is 0 Å². The zero-order valence-electron chi connectivity index (χ0n) is 5.56. The molecule has 8 heavy (non-hydrogen) atoms. The Bertz CT molecular complexity index is 97.4. The number of rotatable bonds is 2. The van der Waals surface area contributed by atoms with E-state index in [2.05, 4.69) is 5.92 Å². The molecule has 0 saturated carbocycles. The van der Waals surface area contributed by atoms with Crippen LogP contribution in [0.5, 0.6) is 0 Å². The molecule has 0 N–H and O–H groups in total. The molecule has 1 heteroatoms. The van der Waals surface area contributed by atoms with E-state index in [1.54, 1.807) is 13.5 Å². The molecule has 0 amide bonds. The molecule has 0 atom stereocenters. The van der Waals surface area contributed by atoms with Gasteiger partial charge >= 0.3 is 0 Å². The predicted molar refractivity (Wildman–Crippen MR) is 34.0 cm³/mol. The maximum Gasteiger partial charge on any atom is 0.123 e. The summed E-state index contributed by atoms with van der Waals surface area (Å²) in [5.74, 6) is 2.49. The lowest BCUT2D eigenvalue weighted by molar-refractivity contribution is 0.0806. The topological polar surface area (TPSA) is 9.23 Å². The largest absolute Gasteiger partial charge is 0.357 e. The van der Waals surface area contributed by atoms with Gasteiger partial charge in [-0.05, 0) is 20.8 Å². The Morgan fingerprint density at radius 3 is 2.25 bits per heavy atom. The van der Waals surface area contributed by atoms with Gasteiger partial charge in [0.15, 0.2) is 0 Å². The summed E-state index contributed by atoms with van der Waals surface area (Å²) in [5, 5.41) is 0. The number of hydrogen-bond acceptors (Lipinski definition) is 1. The second-order valence-corrected chi connectivity index (χ2v) is 2.01. The van der Waals surface area contributed by atoms with Crippen LogP contribution in [0.25, 0.3) is 0 Å². The number of hydrogen-bond donors (Lipinski definition) is 0. The zero-order valence-corrected chi connectivity index (χ0v) is 5.56. The minimum atomic E-state index is -0.436. The first-order chi connectivity index (χ1) is 3.62. The molecular weight excluding hydrogens is 100 g/mol. The van der Waals surface area contributed by atoms with E-state index in [0.29, 0.717) is 0 Å². The molecule has 0 bridgehead atoms. The first-order valence-corrected chi connectivity index (χ1v) is 2.56. The van der Waals surface area contributed by atoms with Crippen molar-refractivity contribution in [3.05, 3.63) is 6.61 Å². The standard InChI is InChI=1S/C7H11O/c1-5-7(3,4)8-6-2/h1,6H,2-4H3. The van der Waals surface area contributed by atoms with Gasteiger partial charge in [0.25, 0.3) is 0 Å². The summed E-state index contributed by atoms with van der Waals surface area (Å²) in [5.41, 5.74) is -0.436. The van der Waals surface area contributed by atoms with Crippen LogP contribution in [0.4, 0.5) is 0 Å². The lowest BCUT2D eigenvalue weighted by Crippen LogP contribution is -2.19. The van der Waals surface area contributed by atoms with E-state index in [4.69, 9.17) is 11.2 Å². The molecule has 0 unspecified atom stereocenters. The third-order valence-corrected chi connectivity index (χ3v) is 0.760. The summed E-state index contributed by atoms with van der Waals surface area (Å²) in [6, 6.07) is 0. The van der Waals surface area contributed by atoms with E-state index in [-0.39, 0.29) is 0 Å². The van der Waals surface area contributed by atoms with Crippen LogP contribution in [0.3, 0.4) is 0 Å². The Morgan fingerprint density at radius 2 is 2.12 bits per heavy atom. The van der Waals surface area contributed by atoms with Gasteiger partial charge in [-0.25, -0.2) is 0 Å². The quantitative estimate of drug-likeness (QED) is 0.492. The molecule has 45 valence electrons. The second kappa shape index (κ2) is 2.74. The monoisotopic (exact) mass is 111 g/mol. The van der Waals surface area contributed by atoms with Gasteiger partial charge in [-0.1, -0.05) is 5.92 Å². The van der Waals surface area contributed by atoms with E-state index in [1.165, 1.54) is 0 Å². The third-order valence-electron chi connectivity index (χ3n) is 0.760. The summed E-state index contributed by atoms with van der Waals surface area (Å²) >= 11 is 0. The molecule has 0 aliphatic heterocycles. The van der Waals surface area contributed by atoms with Gasteiger partial charge in [-0.15, -0.1) is 6.42 Å². The highest BCUT2D eigenvalue weighted by atomic mass is 16.5. The molecule has 0 rings (SSSR count). The minimum absolute atomic E-state index is 0.436. The highest BCUT2D eigenvalue weighted by Gasteiger charge is 2.11. The van der Waals surface area contributed by atoms with Crippen molar-refractivity contribution in [3.63, 3.8) is 0 Å². The minimum Gasteiger partial charge on any atom is -0.357 e. The summed E-state index contributed by atoms with van der Waals surface area (Å²) in [4.78, 5) is 0. The molecule has 0 spiro atoms. The molecular formula is C7H11O. The summed E-state index contributed by atoms with van der Waals surface area (Å²) in [6.07, 6.45) is 5.10. The van der Waals surface area contributed by atoms with Gasteiger partial charge < -0.3 is 4.74 Å². The van der Waals surface area contributed by atoms with Crippen LogP contribution in [-0.4, -0.2) is 5.60 Å². The Kier molecular flexibility index (Phi) is 2.57. The highest BCUT2D eigenvalue weighted by Crippen LogP contribution is 2.06. The Balaban J connectivity index is 3.59.